The molecule has 1 aliphatic rings. The molecule has 0 aliphatic heterocycles. The molecule has 1 unspecified atom stereocenters. The van der Waals surface area contributed by atoms with Gasteiger partial charge in [0, 0.05) is 0 Å². The fourth-order valence-corrected chi connectivity index (χ4v) is 0.688. The summed E-state index contributed by atoms with van der Waals surface area (Å²) in [6.45, 7) is 0. The van der Waals surface area contributed by atoms with Crippen molar-refractivity contribution in [1.82, 2.24) is 5.43 Å². The van der Waals surface area contributed by atoms with Crippen LogP contribution in [0.25, 0.3) is 0 Å². The summed E-state index contributed by atoms with van der Waals surface area (Å²) in [6.07, 6.45) is 6.27. The summed E-state index contributed by atoms with van der Waals surface area (Å²) >= 11 is 0. The minimum absolute atomic E-state index is 0.151. The van der Waals surface area contributed by atoms with Crippen molar-refractivity contribution in [1.29, 1.82) is 0 Å². The molecule has 0 saturated heterocycles. The third kappa shape index (κ3) is 1.28. The highest BCUT2D eigenvalue weighted by Crippen LogP contribution is 1.97. The molecule has 52 valence electrons. The third-order valence-electron chi connectivity index (χ3n) is 1.17. The first-order chi connectivity index (χ1) is 4.84. The average Bonchev–Trinajstić information content (AvgIpc) is 1.94. The molecule has 0 saturated carbocycles. The molecule has 4 nitrogen and oxygen atoms in total. The summed E-state index contributed by atoms with van der Waals surface area (Å²) in [6, 6.07) is -0.567. The molecule has 0 aromatic heterocycles. The van der Waals surface area contributed by atoms with Crippen LogP contribution in [0, 0.1) is 4.91 Å². The van der Waals surface area contributed by atoms with E-state index in [9.17, 15) is 9.70 Å². The smallest absolute Gasteiger partial charge is 0.183 e. The Kier molecular flexibility index (Phi) is 1.94. The topological polar surface area (TPSA) is 58.5 Å². The van der Waals surface area contributed by atoms with E-state index in [-0.39, 0.29) is 5.78 Å². The van der Waals surface area contributed by atoms with Crippen LogP contribution in [0.15, 0.2) is 29.6 Å². The van der Waals surface area contributed by atoms with Crippen LogP contribution in [-0.2, 0) is 4.79 Å². The van der Waals surface area contributed by atoms with Crippen LogP contribution in [0.4, 0.5) is 0 Å². The minimum atomic E-state index is -0.567. The number of hydrogen-bond donors (Lipinski definition) is 1. The van der Waals surface area contributed by atoms with E-state index in [0.29, 0.717) is 0 Å². The largest absolute Gasteiger partial charge is 0.292 e. The highest BCUT2D eigenvalue weighted by atomic mass is 16.3. The van der Waals surface area contributed by atoms with Gasteiger partial charge in [0.2, 0.25) is 0 Å². The second-order valence-electron chi connectivity index (χ2n) is 1.84. The van der Waals surface area contributed by atoms with E-state index in [4.69, 9.17) is 0 Å². The number of nitroso groups, excluding NO2 is 1. The van der Waals surface area contributed by atoms with Crippen LogP contribution in [0.2, 0.25) is 0 Å². The van der Waals surface area contributed by atoms with Crippen molar-refractivity contribution in [3.8, 4) is 0 Å². The lowest BCUT2D eigenvalue weighted by atomic mass is 10.1. The van der Waals surface area contributed by atoms with Gasteiger partial charge in [0.05, 0.1) is 5.29 Å². The SMILES string of the molecule is O=NNC1C=CC=CC1=O. The number of allylic oxidation sites excluding steroid dienone is 2. The first-order valence-electron chi connectivity index (χ1n) is 2.81. The second-order valence-corrected chi connectivity index (χ2v) is 1.84. The Balaban J connectivity index is 2.60. The summed E-state index contributed by atoms with van der Waals surface area (Å²) in [7, 11) is 0. The molecule has 10 heavy (non-hydrogen) atoms. The molecule has 0 radical (unpaired) electrons. The molecule has 1 atom stereocenters. The van der Waals surface area contributed by atoms with Gasteiger partial charge in [-0.3, -0.25) is 10.2 Å². The van der Waals surface area contributed by atoms with Gasteiger partial charge in [0.15, 0.2) is 5.78 Å². The van der Waals surface area contributed by atoms with Crippen molar-refractivity contribution in [2.45, 2.75) is 6.04 Å². The summed E-state index contributed by atoms with van der Waals surface area (Å²) in [5.41, 5.74) is 2.12. The average molecular weight is 138 g/mol. The van der Waals surface area contributed by atoms with Crippen LogP contribution < -0.4 is 5.43 Å². The Labute approximate surface area is 57.6 Å². The molecule has 0 aromatic rings. The molecule has 0 bridgehead atoms. The van der Waals surface area contributed by atoms with Crippen LogP contribution in [0.3, 0.4) is 0 Å². The van der Waals surface area contributed by atoms with E-state index >= 15 is 0 Å². The van der Waals surface area contributed by atoms with Crippen molar-refractivity contribution >= 4 is 5.78 Å². The molecular weight excluding hydrogens is 132 g/mol. The van der Waals surface area contributed by atoms with Crippen LogP contribution in [0.1, 0.15) is 0 Å². The molecule has 0 heterocycles. The van der Waals surface area contributed by atoms with Gasteiger partial charge >= 0.3 is 0 Å². The van der Waals surface area contributed by atoms with E-state index in [0.717, 1.165) is 0 Å². The fourth-order valence-electron chi connectivity index (χ4n) is 0.688. The van der Waals surface area contributed by atoms with Crippen molar-refractivity contribution in [3.63, 3.8) is 0 Å². The lowest BCUT2D eigenvalue weighted by Gasteiger charge is -2.07. The fraction of sp³-hybridized carbons (Fsp3) is 0.167. The lowest BCUT2D eigenvalue weighted by molar-refractivity contribution is -0.115. The van der Waals surface area contributed by atoms with Gasteiger partial charge in [-0.1, -0.05) is 18.2 Å². The zero-order chi connectivity index (χ0) is 7.40. The summed E-state index contributed by atoms with van der Waals surface area (Å²) in [4.78, 5) is 20.4. The van der Waals surface area contributed by atoms with Crippen molar-refractivity contribution in [2.24, 2.45) is 5.29 Å². The predicted octanol–water partition coefficient (Wildman–Crippen LogP) is 0.321. The lowest BCUT2D eigenvalue weighted by Crippen LogP contribution is -2.30. The highest BCUT2D eigenvalue weighted by molar-refractivity contribution is 5.97. The number of hydrogen-bond acceptors (Lipinski definition) is 3. The van der Waals surface area contributed by atoms with Gasteiger partial charge in [0.1, 0.15) is 6.04 Å². The van der Waals surface area contributed by atoms with E-state index in [1.54, 1.807) is 18.2 Å². The maximum Gasteiger partial charge on any atom is 0.183 e. The maximum atomic E-state index is 10.8. The monoisotopic (exact) mass is 138 g/mol. The predicted molar refractivity (Wildman–Crippen MR) is 36.0 cm³/mol. The molecule has 0 spiro atoms. The van der Waals surface area contributed by atoms with Gasteiger partial charge in [-0.25, -0.2) is 0 Å². The quantitative estimate of drug-likeness (QED) is 0.441. The van der Waals surface area contributed by atoms with E-state index < -0.39 is 6.04 Å². The number of nitrogens with one attached hydrogen (secondary N) is 1. The Morgan fingerprint density at radius 3 is 2.90 bits per heavy atom. The Bertz CT molecular complexity index is 208. The summed E-state index contributed by atoms with van der Waals surface area (Å²) < 4.78 is 0. The molecule has 4 heteroatoms. The Morgan fingerprint density at radius 2 is 2.30 bits per heavy atom. The highest BCUT2D eigenvalue weighted by Gasteiger charge is 2.12. The molecule has 0 aromatic carbocycles. The van der Waals surface area contributed by atoms with Gasteiger partial charge < -0.3 is 0 Å². The van der Waals surface area contributed by atoms with E-state index in [1.165, 1.54) is 6.08 Å². The van der Waals surface area contributed by atoms with Gasteiger partial charge in [-0.15, -0.1) is 4.91 Å². The van der Waals surface area contributed by atoms with Gasteiger partial charge in [-0.05, 0) is 6.08 Å². The van der Waals surface area contributed by atoms with Crippen LogP contribution in [-0.4, -0.2) is 11.8 Å². The molecule has 1 N–H and O–H groups in total. The molecular formula is C6H6N2O2. The minimum Gasteiger partial charge on any atom is -0.292 e. The van der Waals surface area contributed by atoms with Gasteiger partial charge in [0.25, 0.3) is 0 Å². The van der Waals surface area contributed by atoms with E-state index in [2.05, 4.69) is 10.7 Å². The van der Waals surface area contributed by atoms with Crippen molar-refractivity contribution < 1.29 is 4.79 Å². The number of carbonyl (C=O) groups excluding carboxylic acids is 1. The first-order valence-corrected chi connectivity index (χ1v) is 2.81. The third-order valence-corrected chi connectivity index (χ3v) is 1.17. The zero-order valence-corrected chi connectivity index (χ0v) is 5.15. The van der Waals surface area contributed by atoms with Crippen LogP contribution in [0.5, 0.6) is 0 Å². The number of ketones is 1. The molecule has 0 fully saturated rings. The Hall–Kier alpha value is -1.45. The number of carbonyl (C=O) groups is 1. The number of nitrogens with zero attached hydrogens (tertiary/aromatic N) is 1. The van der Waals surface area contributed by atoms with Crippen molar-refractivity contribution in [3.05, 3.63) is 29.2 Å². The maximum absolute atomic E-state index is 10.8. The van der Waals surface area contributed by atoms with Crippen LogP contribution >= 0.6 is 0 Å². The number of rotatable bonds is 2. The summed E-state index contributed by atoms with van der Waals surface area (Å²) in [5.74, 6) is -0.151. The van der Waals surface area contributed by atoms with Gasteiger partial charge in [-0.2, -0.15) is 0 Å². The summed E-state index contributed by atoms with van der Waals surface area (Å²) in [5, 5.41) is 2.40. The molecule has 1 rings (SSSR count). The Morgan fingerprint density at radius 1 is 1.50 bits per heavy atom. The zero-order valence-electron chi connectivity index (χ0n) is 5.15. The first kappa shape index (κ1) is 6.67. The second kappa shape index (κ2) is 2.91. The van der Waals surface area contributed by atoms with Crippen molar-refractivity contribution in [2.75, 3.05) is 0 Å². The van der Waals surface area contributed by atoms with E-state index in [1.807, 2.05) is 0 Å². The standard InChI is InChI=1S/C6H6N2O2/c9-6-4-2-1-3-5(6)7-8-10/h1-5H,(H,7,10). The molecule has 1 aliphatic carbocycles. The normalized spacial score (nSPS) is 22.8. The molecule has 0 amide bonds.